The lowest BCUT2D eigenvalue weighted by Crippen LogP contribution is -2.25. The summed E-state index contributed by atoms with van der Waals surface area (Å²) in [4.78, 5) is 5.05. The molecule has 0 aliphatic rings. The molecule has 0 bridgehead atoms. The molecule has 0 amide bonds. The third kappa shape index (κ3) is 9.84. The Hall–Kier alpha value is -1.74. The molecule has 2 nitrogen and oxygen atoms in total. The summed E-state index contributed by atoms with van der Waals surface area (Å²) in [6.45, 7) is 6.68. The van der Waals surface area contributed by atoms with E-state index in [1.165, 1.54) is 62.5 Å². The zero-order chi connectivity index (χ0) is 21.4. The first-order valence-electron chi connectivity index (χ1n) is 11.8. The first-order valence-corrected chi connectivity index (χ1v) is 12.8. The Labute approximate surface area is 189 Å². The number of unbranched alkanes of at least 4 members (excludes halogenated alkanes) is 7. The summed E-state index contributed by atoms with van der Waals surface area (Å²) in [5.74, 6) is 1.13. The van der Waals surface area contributed by atoms with Gasteiger partial charge in [0.05, 0.1) is 12.1 Å². The number of nitrogens with one attached hydrogen (secondary N) is 1. The van der Waals surface area contributed by atoms with Crippen LogP contribution in [0.1, 0.15) is 95.3 Å². The van der Waals surface area contributed by atoms with Gasteiger partial charge in [0.1, 0.15) is 0 Å². The van der Waals surface area contributed by atoms with Crippen LogP contribution in [0.3, 0.4) is 0 Å². The summed E-state index contributed by atoms with van der Waals surface area (Å²) in [7, 11) is 0. The fourth-order valence-corrected chi connectivity index (χ4v) is 4.55. The SMILES string of the molecule is CCCCCCCCCCSC(=N[C@@H](C)c1ccccc1)N[C@@H](C)c1ccccc1. The van der Waals surface area contributed by atoms with Crippen LogP contribution in [0.15, 0.2) is 65.7 Å². The van der Waals surface area contributed by atoms with Gasteiger partial charge in [-0.05, 0) is 31.4 Å². The van der Waals surface area contributed by atoms with Crippen molar-refractivity contribution in [3.8, 4) is 0 Å². The van der Waals surface area contributed by atoms with E-state index in [4.69, 9.17) is 4.99 Å². The van der Waals surface area contributed by atoms with E-state index in [1.54, 1.807) is 0 Å². The minimum Gasteiger partial charge on any atom is -0.358 e. The molecule has 2 aromatic rings. The average molecular weight is 425 g/mol. The van der Waals surface area contributed by atoms with Crippen molar-refractivity contribution >= 4 is 16.9 Å². The van der Waals surface area contributed by atoms with Gasteiger partial charge < -0.3 is 5.32 Å². The fourth-order valence-electron chi connectivity index (χ4n) is 3.51. The quantitative estimate of drug-likeness (QED) is 0.198. The van der Waals surface area contributed by atoms with Crippen LogP contribution in [0, 0.1) is 0 Å². The van der Waals surface area contributed by atoms with Crippen LogP contribution in [0.4, 0.5) is 0 Å². The summed E-state index contributed by atoms with van der Waals surface area (Å²) in [5, 5.41) is 4.73. The third-order valence-electron chi connectivity index (χ3n) is 5.47. The molecular weight excluding hydrogens is 384 g/mol. The van der Waals surface area contributed by atoms with E-state index < -0.39 is 0 Å². The van der Waals surface area contributed by atoms with Gasteiger partial charge in [-0.15, -0.1) is 0 Å². The molecule has 0 unspecified atom stereocenters. The number of aliphatic imine (C=N–C) groups is 1. The monoisotopic (exact) mass is 424 g/mol. The summed E-state index contributed by atoms with van der Waals surface area (Å²) < 4.78 is 0. The molecule has 0 saturated carbocycles. The highest BCUT2D eigenvalue weighted by Gasteiger charge is 2.11. The van der Waals surface area contributed by atoms with Gasteiger partial charge >= 0.3 is 0 Å². The molecule has 164 valence electrons. The number of nitrogens with zero attached hydrogens (tertiary/aromatic N) is 1. The predicted molar refractivity (Wildman–Crippen MR) is 135 cm³/mol. The van der Waals surface area contributed by atoms with Crippen molar-refractivity contribution in [2.75, 3.05) is 5.75 Å². The van der Waals surface area contributed by atoms with Gasteiger partial charge in [0.15, 0.2) is 5.17 Å². The highest BCUT2D eigenvalue weighted by molar-refractivity contribution is 8.13. The Morgan fingerprint density at radius 3 is 1.90 bits per heavy atom. The van der Waals surface area contributed by atoms with E-state index >= 15 is 0 Å². The summed E-state index contributed by atoms with van der Waals surface area (Å²) in [5.41, 5.74) is 2.56. The van der Waals surface area contributed by atoms with Crippen LogP contribution in [-0.4, -0.2) is 10.9 Å². The van der Waals surface area contributed by atoms with Crippen LogP contribution < -0.4 is 5.32 Å². The normalized spacial score (nSPS) is 13.8. The van der Waals surface area contributed by atoms with Crippen LogP contribution in [0.2, 0.25) is 0 Å². The highest BCUT2D eigenvalue weighted by atomic mass is 32.2. The van der Waals surface area contributed by atoms with E-state index in [9.17, 15) is 0 Å². The van der Waals surface area contributed by atoms with Crippen molar-refractivity contribution in [3.63, 3.8) is 0 Å². The van der Waals surface area contributed by atoms with Crippen molar-refractivity contribution in [1.82, 2.24) is 5.32 Å². The summed E-state index contributed by atoms with van der Waals surface area (Å²) in [6.07, 6.45) is 10.9. The zero-order valence-electron chi connectivity index (χ0n) is 19.1. The molecule has 0 aliphatic heterocycles. The number of hydrogen-bond donors (Lipinski definition) is 1. The van der Waals surface area contributed by atoms with Crippen LogP contribution in [0.25, 0.3) is 0 Å². The van der Waals surface area contributed by atoms with Crippen molar-refractivity contribution in [2.45, 2.75) is 84.2 Å². The molecule has 30 heavy (non-hydrogen) atoms. The number of hydrogen-bond acceptors (Lipinski definition) is 2. The molecule has 2 aromatic carbocycles. The number of thioether (sulfide) groups is 1. The standard InChI is InChI=1S/C27H40N2S/c1-4-5-6-7-8-9-10-17-22-30-27(28-23(2)25-18-13-11-14-19-25)29-24(3)26-20-15-12-16-21-26/h11-16,18-21,23-24H,4-10,17,22H2,1-3H3,(H,28,29)/t23-,24-/m0/s1. The van der Waals surface area contributed by atoms with Crippen LogP contribution >= 0.6 is 11.8 Å². The maximum Gasteiger partial charge on any atom is 0.157 e. The lowest BCUT2D eigenvalue weighted by Gasteiger charge is -2.19. The maximum atomic E-state index is 5.05. The zero-order valence-corrected chi connectivity index (χ0v) is 20.0. The van der Waals surface area contributed by atoms with Gasteiger partial charge in [0.25, 0.3) is 0 Å². The molecule has 1 N–H and O–H groups in total. The molecule has 0 aliphatic carbocycles. The van der Waals surface area contributed by atoms with E-state index in [1.807, 2.05) is 11.8 Å². The molecule has 0 aromatic heterocycles. The number of rotatable bonds is 13. The van der Waals surface area contributed by atoms with Crippen molar-refractivity contribution < 1.29 is 0 Å². The van der Waals surface area contributed by atoms with Gasteiger partial charge in [-0.25, -0.2) is 0 Å². The number of benzene rings is 2. The predicted octanol–water partition coefficient (Wildman–Crippen LogP) is 8.33. The number of amidine groups is 1. The Bertz CT molecular complexity index is 699. The second-order valence-electron chi connectivity index (χ2n) is 8.12. The largest absolute Gasteiger partial charge is 0.358 e. The lowest BCUT2D eigenvalue weighted by atomic mass is 10.1. The van der Waals surface area contributed by atoms with E-state index in [-0.39, 0.29) is 12.1 Å². The first-order chi connectivity index (χ1) is 14.7. The average Bonchev–Trinajstić information content (AvgIpc) is 2.79. The Balaban J connectivity index is 1.87. The Kier molecular flexibility index (Phi) is 12.4. The lowest BCUT2D eigenvalue weighted by molar-refractivity contribution is 0.586. The minimum atomic E-state index is 0.155. The Morgan fingerprint density at radius 1 is 0.767 bits per heavy atom. The van der Waals surface area contributed by atoms with E-state index in [2.05, 4.69) is 86.8 Å². The van der Waals surface area contributed by atoms with Crippen LogP contribution in [-0.2, 0) is 0 Å². The van der Waals surface area contributed by atoms with Gasteiger partial charge in [0, 0.05) is 5.75 Å². The molecule has 0 radical (unpaired) electrons. The topological polar surface area (TPSA) is 24.4 Å². The highest BCUT2D eigenvalue weighted by Crippen LogP contribution is 2.21. The molecule has 2 rings (SSSR count). The third-order valence-corrected chi connectivity index (χ3v) is 6.46. The van der Waals surface area contributed by atoms with Crippen molar-refractivity contribution in [1.29, 1.82) is 0 Å². The molecule has 0 heterocycles. The molecular formula is C27H40N2S. The van der Waals surface area contributed by atoms with Crippen LogP contribution in [0.5, 0.6) is 0 Å². The smallest absolute Gasteiger partial charge is 0.157 e. The van der Waals surface area contributed by atoms with Gasteiger partial charge in [-0.2, -0.15) is 0 Å². The maximum absolute atomic E-state index is 5.05. The van der Waals surface area contributed by atoms with E-state index in [0.29, 0.717) is 0 Å². The Morgan fingerprint density at radius 2 is 1.30 bits per heavy atom. The minimum absolute atomic E-state index is 0.155. The molecule has 0 fully saturated rings. The van der Waals surface area contributed by atoms with Gasteiger partial charge in [0.2, 0.25) is 0 Å². The molecule has 0 saturated heterocycles. The van der Waals surface area contributed by atoms with Gasteiger partial charge in [-0.3, -0.25) is 4.99 Å². The molecule has 2 atom stereocenters. The van der Waals surface area contributed by atoms with E-state index in [0.717, 1.165) is 10.9 Å². The van der Waals surface area contributed by atoms with Crippen molar-refractivity contribution in [3.05, 3.63) is 71.8 Å². The van der Waals surface area contributed by atoms with Crippen molar-refractivity contribution in [2.24, 2.45) is 4.99 Å². The molecule has 3 heteroatoms. The first kappa shape index (κ1) is 24.5. The summed E-state index contributed by atoms with van der Waals surface area (Å²) >= 11 is 1.88. The second kappa shape index (κ2) is 15.1. The second-order valence-corrected chi connectivity index (χ2v) is 9.20. The summed E-state index contributed by atoms with van der Waals surface area (Å²) in [6, 6.07) is 21.6. The van der Waals surface area contributed by atoms with Gasteiger partial charge in [-0.1, -0.05) is 124 Å². The fraction of sp³-hybridized carbons (Fsp3) is 0.519. The molecule has 0 spiro atoms.